The number of amidine groups is 1. The second-order valence-electron chi connectivity index (χ2n) is 6.85. The smallest absolute Gasteiger partial charge is 0.248 e. The molecule has 0 unspecified atom stereocenters. The van der Waals surface area contributed by atoms with E-state index in [0.29, 0.717) is 11.6 Å². The molecule has 26 heavy (non-hydrogen) atoms. The van der Waals surface area contributed by atoms with Crippen molar-refractivity contribution in [1.29, 1.82) is 0 Å². The van der Waals surface area contributed by atoms with Crippen LogP contribution < -0.4 is 4.90 Å². The van der Waals surface area contributed by atoms with E-state index >= 15 is 0 Å². The number of hydrogen-bond acceptors (Lipinski definition) is 4. The van der Waals surface area contributed by atoms with Gasteiger partial charge in [0.15, 0.2) is 15.0 Å². The zero-order chi connectivity index (χ0) is 18.9. The van der Waals surface area contributed by atoms with E-state index < -0.39 is 9.84 Å². The first kappa shape index (κ1) is 19.9. The Bertz CT molecular complexity index is 839. The predicted molar refractivity (Wildman–Crippen MR) is 112 cm³/mol. The number of thioether (sulfide) groups is 1. The summed E-state index contributed by atoms with van der Waals surface area (Å²) in [6.45, 7) is 4.10. The van der Waals surface area contributed by atoms with Gasteiger partial charge < -0.3 is 4.90 Å². The van der Waals surface area contributed by atoms with Gasteiger partial charge in [-0.15, -0.1) is 0 Å². The number of amides is 1. The van der Waals surface area contributed by atoms with E-state index in [2.05, 4.69) is 27.8 Å². The maximum Gasteiger partial charge on any atom is 0.248 e. The third kappa shape index (κ3) is 4.34. The molecule has 2 atom stereocenters. The van der Waals surface area contributed by atoms with Crippen LogP contribution in [0.3, 0.4) is 0 Å². The van der Waals surface area contributed by atoms with Gasteiger partial charge in [-0.25, -0.2) is 8.42 Å². The lowest BCUT2D eigenvalue weighted by Crippen LogP contribution is -2.37. The summed E-state index contributed by atoms with van der Waals surface area (Å²) in [5.74, 6) is 0.133. The number of aliphatic imine (C=N–C) groups is 1. The van der Waals surface area contributed by atoms with Crippen LogP contribution in [0, 0.1) is 6.92 Å². The number of sulfone groups is 1. The summed E-state index contributed by atoms with van der Waals surface area (Å²) in [5.41, 5.74) is 1.98. The number of anilines is 1. The van der Waals surface area contributed by atoms with E-state index in [1.54, 1.807) is 0 Å². The van der Waals surface area contributed by atoms with Crippen molar-refractivity contribution in [3.63, 3.8) is 0 Å². The number of carbonyl (C=O) groups is 1. The molecule has 0 bridgehead atoms. The van der Waals surface area contributed by atoms with E-state index in [-0.39, 0.29) is 28.7 Å². The standard InChI is InChI=1S/C18H23BrN2O3S2/c1-3-4-5-6-17(22)20-18-21(13-8-7-12(2)14(19)9-13)15-10-26(23,24)11-16(15)25-18/h7-9,15-16H,3-6,10-11H2,1-2H3/t15-,16+/m0/s1. The Morgan fingerprint density at radius 2 is 2.12 bits per heavy atom. The van der Waals surface area contributed by atoms with Crippen molar-refractivity contribution in [2.24, 2.45) is 4.99 Å². The van der Waals surface area contributed by atoms with Crippen molar-refractivity contribution in [2.75, 3.05) is 16.4 Å². The molecule has 2 heterocycles. The monoisotopic (exact) mass is 458 g/mol. The molecule has 0 aliphatic carbocycles. The SMILES string of the molecule is CCCCCC(=O)N=C1S[C@@H]2CS(=O)(=O)C[C@@H]2N1c1ccc(C)c(Br)c1. The van der Waals surface area contributed by atoms with Crippen molar-refractivity contribution >= 4 is 54.3 Å². The van der Waals surface area contributed by atoms with Gasteiger partial charge in [-0.05, 0) is 31.0 Å². The molecule has 0 radical (unpaired) electrons. The number of benzene rings is 1. The van der Waals surface area contributed by atoms with E-state index in [0.717, 1.165) is 35.0 Å². The fourth-order valence-corrected chi connectivity index (χ4v) is 7.58. The summed E-state index contributed by atoms with van der Waals surface area (Å²) >= 11 is 4.97. The molecule has 1 aromatic carbocycles. The van der Waals surface area contributed by atoms with Crippen LogP contribution in [0.15, 0.2) is 27.7 Å². The average molecular weight is 459 g/mol. The number of aryl methyl sites for hydroxylation is 1. The Kier molecular flexibility index (Phi) is 6.14. The minimum Gasteiger partial charge on any atom is -0.316 e. The lowest BCUT2D eigenvalue weighted by atomic mass is 10.1. The normalized spacial score (nSPS) is 25.7. The Morgan fingerprint density at radius 1 is 1.35 bits per heavy atom. The zero-order valence-corrected chi connectivity index (χ0v) is 18.2. The highest BCUT2D eigenvalue weighted by Gasteiger charge is 2.49. The first-order valence-corrected chi connectivity index (χ1v) is 12.3. The molecule has 8 heteroatoms. The molecular formula is C18H23BrN2O3S2. The number of fused-ring (bicyclic) bond motifs is 1. The van der Waals surface area contributed by atoms with Crippen LogP contribution in [0.25, 0.3) is 0 Å². The number of carbonyl (C=O) groups excluding carboxylic acids is 1. The van der Waals surface area contributed by atoms with E-state index in [1.807, 2.05) is 30.0 Å². The summed E-state index contributed by atoms with van der Waals surface area (Å²) in [6.07, 6.45) is 3.36. The maximum atomic E-state index is 12.3. The number of hydrogen-bond donors (Lipinski definition) is 0. The molecule has 2 fully saturated rings. The zero-order valence-electron chi connectivity index (χ0n) is 14.9. The van der Waals surface area contributed by atoms with Crippen molar-refractivity contribution in [3.8, 4) is 0 Å². The highest BCUT2D eigenvalue weighted by molar-refractivity contribution is 9.10. The van der Waals surface area contributed by atoms with Gasteiger partial charge in [0.2, 0.25) is 5.91 Å². The number of halogens is 1. The average Bonchev–Trinajstić information content (AvgIpc) is 3.01. The van der Waals surface area contributed by atoms with Crippen molar-refractivity contribution in [1.82, 2.24) is 0 Å². The van der Waals surface area contributed by atoms with Crippen LogP contribution in [-0.4, -0.2) is 42.3 Å². The minimum atomic E-state index is -3.05. The van der Waals surface area contributed by atoms with Crippen LogP contribution in [0.1, 0.15) is 38.2 Å². The molecule has 1 amide bonds. The Hall–Kier alpha value is -0.860. The molecule has 2 aliphatic heterocycles. The highest BCUT2D eigenvalue weighted by atomic mass is 79.9. The predicted octanol–water partition coefficient (Wildman–Crippen LogP) is 3.94. The van der Waals surface area contributed by atoms with Crippen LogP contribution in [0.4, 0.5) is 5.69 Å². The third-order valence-corrected chi connectivity index (χ3v) is 8.78. The fraction of sp³-hybridized carbons (Fsp3) is 0.556. The third-order valence-electron chi connectivity index (χ3n) is 4.71. The molecule has 0 aromatic heterocycles. The van der Waals surface area contributed by atoms with Crippen molar-refractivity contribution in [2.45, 2.75) is 50.8 Å². The molecular weight excluding hydrogens is 436 g/mol. The van der Waals surface area contributed by atoms with Gasteiger partial charge in [-0.2, -0.15) is 4.99 Å². The molecule has 1 aromatic rings. The van der Waals surface area contributed by atoms with E-state index in [9.17, 15) is 13.2 Å². The lowest BCUT2D eigenvalue weighted by Gasteiger charge is -2.25. The number of unbranched alkanes of at least 4 members (excludes halogenated alkanes) is 2. The topological polar surface area (TPSA) is 66.8 Å². The Morgan fingerprint density at radius 3 is 2.81 bits per heavy atom. The molecule has 2 aliphatic rings. The van der Waals surface area contributed by atoms with Crippen LogP contribution in [0.2, 0.25) is 0 Å². The quantitative estimate of drug-likeness (QED) is 0.624. The summed E-state index contributed by atoms with van der Waals surface area (Å²) in [5, 5.41) is 0.564. The van der Waals surface area contributed by atoms with Crippen LogP contribution in [0.5, 0.6) is 0 Å². The number of rotatable bonds is 5. The first-order valence-electron chi connectivity index (χ1n) is 8.84. The van der Waals surface area contributed by atoms with Crippen molar-refractivity contribution in [3.05, 3.63) is 28.2 Å². The largest absolute Gasteiger partial charge is 0.316 e. The van der Waals surface area contributed by atoms with Gasteiger partial charge in [0.05, 0.1) is 17.5 Å². The van der Waals surface area contributed by atoms with Gasteiger partial charge >= 0.3 is 0 Å². The van der Waals surface area contributed by atoms with Gasteiger partial charge in [-0.1, -0.05) is 53.5 Å². The lowest BCUT2D eigenvalue weighted by molar-refractivity contribution is -0.117. The minimum absolute atomic E-state index is 0.0673. The molecule has 0 saturated carbocycles. The molecule has 0 spiro atoms. The molecule has 2 saturated heterocycles. The van der Waals surface area contributed by atoms with Gasteiger partial charge in [0, 0.05) is 21.8 Å². The van der Waals surface area contributed by atoms with E-state index in [4.69, 9.17) is 0 Å². The first-order chi connectivity index (χ1) is 12.3. The molecule has 142 valence electrons. The molecule has 5 nitrogen and oxygen atoms in total. The maximum absolute atomic E-state index is 12.3. The summed E-state index contributed by atoms with van der Waals surface area (Å²) in [7, 11) is -3.05. The summed E-state index contributed by atoms with van der Waals surface area (Å²) in [6, 6.07) is 5.76. The number of nitrogens with zero attached hydrogens (tertiary/aromatic N) is 2. The highest BCUT2D eigenvalue weighted by Crippen LogP contribution is 2.41. The summed E-state index contributed by atoms with van der Waals surface area (Å²) < 4.78 is 25.1. The van der Waals surface area contributed by atoms with E-state index in [1.165, 1.54) is 11.8 Å². The second kappa shape index (κ2) is 8.02. The van der Waals surface area contributed by atoms with Crippen LogP contribution in [-0.2, 0) is 14.6 Å². The summed E-state index contributed by atoms with van der Waals surface area (Å²) in [4.78, 5) is 18.6. The Labute approximate surface area is 167 Å². The second-order valence-corrected chi connectivity index (χ2v) is 11.1. The molecule has 3 rings (SSSR count). The molecule has 0 N–H and O–H groups in total. The fourth-order valence-electron chi connectivity index (χ4n) is 3.29. The van der Waals surface area contributed by atoms with Gasteiger partial charge in [0.25, 0.3) is 0 Å². The van der Waals surface area contributed by atoms with Gasteiger partial charge in [0.1, 0.15) is 0 Å². The Balaban J connectivity index is 1.90. The van der Waals surface area contributed by atoms with Crippen molar-refractivity contribution < 1.29 is 13.2 Å². The van der Waals surface area contributed by atoms with Gasteiger partial charge in [-0.3, -0.25) is 4.79 Å². The van der Waals surface area contributed by atoms with Crippen LogP contribution >= 0.6 is 27.7 Å².